The Hall–Kier alpha value is -5.45. The van der Waals surface area contributed by atoms with Gasteiger partial charge >= 0.3 is 0 Å². The van der Waals surface area contributed by atoms with Gasteiger partial charge in [0.05, 0.1) is 11.1 Å². The molecule has 4 amide bonds. The smallest absolute Gasteiger partial charge is 0.262 e. The van der Waals surface area contributed by atoms with Crippen LogP contribution >= 0.6 is 11.6 Å². The number of nitrogens with zero attached hydrogens (tertiary/aromatic N) is 1. The third-order valence-electron chi connectivity index (χ3n) is 8.54. The van der Waals surface area contributed by atoms with Crippen molar-refractivity contribution in [1.29, 1.82) is 0 Å². The molecule has 1 atom stereocenters. The van der Waals surface area contributed by atoms with Crippen LogP contribution in [0.1, 0.15) is 62.2 Å². The molecule has 2 aliphatic rings. The van der Waals surface area contributed by atoms with Crippen LogP contribution in [-0.4, -0.2) is 63.8 Å². The second kappa shape index (κ2) is 14.8. The molecule has 0 spiro atoms. The minimum absolute atomic E-state index is 0.0690. The zero-order valence-electron chi connectivity index (χ0n) is 26.4. The first-order valence-electron chi connectivity index (χ1n) is 15.9. The van der Waals surface area contributed by atoms with E-state index in [4.69, 9.17) is 16.3 Å². The molecule has 10 nitrogen and oxygen atoms in total. The number of carbonyl (C=O) groups is 4. The van der Waals surface area contributed by atoms with E-state index >= 15 is 0 Å². The molecular formula is C38H34ClN3O7. The second-order valence-electron chi connectivity index (χ2n) is 11.8. The number of carbonyl (C=O) groups excluding carboxylic acids is 4. The van der Waals surface area contributed by atoms with Gasteiger partial charge in [0.15, 0.2) is 0 Å². The van der Waals surface area contributed by atoms with Crippen LogP contribution in [-0.2, 0) is 16.1 Å². The lowest BCUT2D eigenvalue weighted by atomic mass is 9.88. The lowest BCUT2D eigenvalue weighted by molar-refractivity contribution is -0.136. The van der Waals surface area contributed by atoms with Gasteiger partial charge in [0.25, 0.3) is 11.8 Å². The highest BCUT2D eigenvalue weighted by Gasteiger charge is 2.44. The summed E-state index contributed by atoms with van der Waals surface area (Å²) >= 11 is 6.25. The number of imide groups is 2. The van der Waals surface area contributed by atoms with Crippen LogP contribution in [0, 0.1) is 0 Å². The number of hydrogen-bond acceptors (Lipinski definition) is 8. The Morgan fingerprint density at radius 3 is 2.06 bits per heavy atom. The van der Waals surface area contributed by atoms with Crippen molar-refractivity contribution in [1.82, 2.24) is 15.5 Å². The van der Waals surface area contributed by atoms with Gasteiger partial charge in [0.1, 0.15) is 29.9 Å². The van der Waals surface area contributed by atoms with Crippen molar-refractivity contribution in [2.24, 2.45) is 0 Å². The molecule has 49 heavy (non-hydrogen) atoms. The lowest BCUT2D eigenvalue weighted by Crippen LogP contribution is -2.54. The fraction of sp³-hybridized carbons (Fsp3) is 0.211. The summed E-state index contributed by atoms with van der Waals surface area (Å²) in [7, 11) is 0. The number of benzene rings is 4. The molecule has 4 aromatic rings. The van der Waals surface area contributed by atoms with Gasteiger partial charge in [-0.2, -0.15) is 0 Å². The van der Waals surface area contributed by atoms with Crippen molar-refractivity contribution < 1.29 is 34.1 Å². The third-order valence-corrected chi connectivity index (χ3v) is 8.73. The maximum atomic E-state index is 13.1. The Morgan fingerprint density at radius 1 is 0.816 bits per heavy atom. The fourth-order valence-corrected chi connectivity index (χ4v) is 6.32. The number of piperidine rings is 1. The Bertz CT molecular complexity index is 1920. The first-order chi connectivity index (χ1) is 23.7. The van der Waals surface area contributed by atoms with Crippen LogP contribution in [0.2, 0.25) is 0 Å². The average molecular weight is 680 g/mol. The molecule has 2 aliphatic heterocycles. The summed E-state index contributed by atoms with van der Waals surface area (Å²) in [6.45, 7) is 1.31. The largest absolute Gasteiger partial charge is 0.508 e. The topological polar surface area (TPSA) is 145 Å². The summed E-state index contributed by atoms with van der Waals surface area (Å²) in [5, 5.41) is 25.2. The molecule has 250 valence electrons. The van der Waals surface area contributed by atoms with Crippen molar-refractivity contribution in [2.45, 2.75) is 31.8 Å². The van der Waals surface area contributed by atoms with Gasteiger partial charge in [0, 0.05) is 25.4 Å². The predicted octanol–water partition coefficient (Wildman–Crippen LogP) is 5.26. The van der Waals surface area contributed by atoms with Gasteiger partial charge in [-0.3, -0.25) is 29.4 Å². The SMILES string of the molecule is O=C1CCC(N2C(=O)c3ccc(CNCCOc4ccc(C(=C(CCCl)c5ccc(O)cc5)c5ccc(O)cc5)cc4)cc3C2=O)C(=O)N1. The first kappa shape index (κ1) is 33.5. The quantitative estimate of drug-likeness (QED) is 0.0687. The summed E-state index contributed by atoms with van der Waals surface area (Å²) in [6.07, 6.45) is 0.761. The Kier molecular flexibility index (Phi) is 10.1. The van der Waals surface area contributed by atoms with Gasteiger partial charge in [-0.25, -0.2) is 0 Å². The maximum Gasteiger partial charge on any atom is 0.262 e. The van der Waals surface area contributed by atoms with E-state index in [1.807, 2.05) is 48.5 Å². The van der Waals surface area contributed by atoms with Crippen molar-refractivity contribution in [3.63, 3.8) is 0 Å². The number of nitrogens with one attached hydrogen (secondary N) is 2. The number of fused-ring (bicyclic) bond motifs is 1. The Balaban J connectivity index is 1.09. The fourth-order valence-electron chi connectivity index (χ4n) is 6.13. The normalized spacial score (nSPS) is 16.3. The number of phenolic OH excluding ortho intramolecular Hbond substituents is 2. The Labute approximate surface area is 288 Å². The van der Waals surface area contributed by atoms with Crippen molar-refractivity contribution in [3.05, 3.63) is 124 Å². The molecule has 4 aromatic carbocycles. The summed E-state index contributed by atoms with van der Waals surface area (Å²) in [4.78, 5) is 50.8. The third kappa shape index (κ3) is 7.35. The zero-order valence-corrected chi connectivity index (χ0v) is 27.2. The van der Waals surface area contributed by atoms with Gasteiger partial charge in [-0.15, -0.1) is 11.6 Å². The van der Waals surface area contributed by atoms with E-state index < -0.39 is 29.7 Å². The number of aromatic hydroxyl groups is 2. The van der Waals surface area contributed by atoms with Crippen molar-refractivity contribution in [3.8, 4) is 17.2 Å². The zero-order chi connectivity index (χ0) is 34.5. The number of allylic oxidation sites excluding steroid dienone is 1. The van der Waals surface area contributed by atoms with Crippen LogP contribution in [0.4, 0.5) is 0 Å². The molecule has 0 bridgehead atoms. The number of halogens is 1. The minimum atomic E-state index is -1.000. The number of ether oxygens (including phenoxy) is 1. The highest BCUT2D eigenvalue weighted by atomic mass is 35.5. The van der Waals surface area contributed by atoms with E-state index in [1.54, 1.807) is 42.5 Å². The van der Waals surface area contributed by atoms with E-state index in [0.717, 1.165) is 38.3 Å². The molecule has 0 aliphatic carbocycles. The minimum Gasteiger partial charge on any atom is -0.508 e. The molecule has 4 N–H and O–H groups in total. The molecule has 1 fully saturated rings. The highest BCUT2D eigenvalue weighted by molar-refractivity contribution is 6.23. The number of hydrogen-bond donors (Lipinski definition) is 4. The van der Waals surface area contributed by atoms with E-state index in [1.165, 1.54) is 0 Å². The van der Waals surface area contributed by atoms with Gasteiger partial charge in [0.2, 0.25) is 11.8 Å². The molecule has 0 radical (unpaired) electrons. The monoisotopic (exact) mass is 679 g/mol. The summed E-state index contributed by atoms with van der Waals surface area (Å²) in [6, 6.07) is 25.8. The lowest BCUT2D eigenvalue weighted by Gasteiger charge is -2.27. The van der Waals surface area contributed by atoms with Crippen LogP contribution in [0.25, 0.3) is 11.1 Å². The molecule has 11 heteroatoms. The molecular weight excluding hydrogens is 646 g/mol. The summed E-state index contributed by atoms with van der Waals surface area (Å²) in [5.74, 6) is -0.710. The molecule has 0 aromatic heterocycles. The molecule has 6 rings (SSSR count). The van der Waals surface area contributed by atoms with Crippen molar-refractivity contribution in [2.75, 3.05) is 19.0 Å². The van der Waals surface area contributed by atoms with E-state index in [-0.39, 0.29) is 35.5 Å². The van der Waals surface area contributed by atoms with E-state index in [0.29, 0.717) is 37.7 Å². The van der Waals surface area contributed by atoms with Crippen molar-refractivity contribution >= 4 is 46.4 Å². The van der Waals surface area contributed by atoms with E-state index in [9.17, 15) is 29.4 Å². The van der Waals surface area contributed by atoms with Crippen LogP contribution in [0.5, 0.6) is 17.2 Å². The first-order valence-corrected chi connectivity index (χ1v) is 16.4. The number of alkyl halides is 1. The standard InChI is InChI=1S/C38H34ClN3O7/c39-18-17-30(24-2-8-27(43)9-3-24)35(25-4-10-28(44)11-5-25)26-6-12-29(13-7-26)49-20-19-40-22-23-1-14-31-32(21-23)38(48)42(37(31)47)33-15-16-34(45)41-36(33)46/h1-14,21,33,40,43-44H,15-20,22H2,(H,41,45,46). The van der Waals surface area contributed by atoms with Crippen LogP contribution in [0.15, 0.2) is 91.0 Å². The van der Waals surface area contributed by atoms with Gasteiger partial charge < -0.3 is 20.3 Å². The number of rotatable bonds is 12. The summed E-state index contributed by atoms with van der Waals surface area (Å²) < 4.78 is 5.98. The van der Waals surface area contributed by atoms with Gasteiger partial charge in [-0.05, 0) is 94.8 Å². The average Bonchev–Trinajstić information content (AvgIpc) is 3.34. The second-order valence-corrected chi connectivity index (χ2v) is 12.1. The molecule has 0 saturated carbocycles. The molecule has 1 saturated heterocycles. The molecule has 2 heterocycles. The maximum absolute atomic E-state index is 13.1. The van der Waals surface area contributed by atoms with E-state index in [2.05, 4.69) is 10.6 Å². The number of amides is 4. The highest BCUT2D eigenvalue weighted by Crippen LogP contribution is 2.36. The number of phenols is 2. The summed E-state index contributed by atoms with van der Waals surface area (Å²) in [5.41, 5.74) is 6.00. The van der Waals surface area contributed by atoms with Crippen LogP contribution < -0.4 is 15.4 Å². The molecule has 1 unspecified atom stereocenters. The predicted molar refractivity (Wildman–Crippen MR) is 184 cm³/mol. The Morgan fingerprint density at radius 2 is 1.43 bits per heavy atom. The van der Waals surface area contributed by atoms with Crippen LogP contribution in [0.3, 0.4) is 0 Å². The van der Waals surface area contributed by atoms with Gasteiger partial charge in [-0.1, -0.05) is 42.5 Å².